The number of carbonyl (C=O) groups is 8. The van der Waals surface area contributed by atoms with Gasteiger partial charge in [0, 0.05) is 74.0 Å². The van der Waals surface area contributed by atoms with Crippen molar-refractivity contribution in [2.24, 2.45) is 11.3 Å². The zero-order chi connectivity index (χ0) is 72.6. The minimum absolute atomic E-state index is 0.0164. The predicted octanol–water partition coefficient (Wildman–Crippen LogP) is 8.04. The number of β-amino-alcohol motifs (C(OH)–C–C–N with tert-alkyl or cyclic N) is 1. The Balaban J connectivity index is 0.950. The number of amides is 8. The maximum absolute atomic E-state index is 15.0. The normalized spacial score (nSPS) is 16.3. The van der Waals surface area contributed by atoms with E-state index < -0.39 is 108 Å². The number of nitrogens with one attached hydrogen (secondary N) is 6. The van der Waals surface area contributed by atoms with E-state index in [1.54, 1.807) is 79.7 Å². The first-order valence-electron chi connectivity index (χ1n) is 33.1. The van der Waals surface area contributed by atoms with Crippen LogP contribution in [-0.4, -0.2) is 152 Å². The van der Waals surface area contributed by atoms with E-state index in [9.17, 15) is 66.9 Å². The highest BCUT2D eigenvalue weighted by atomic mass is 79.9. The first-order chi connectivity index (χ1) is 47.4. The number of likely N-dealkylation sites (tertiary alicyclic amines) is 2. The second kappa shape index (κ2) is 34.7. The third-order valence-corrected chi connectivity index (χ3v) is 20.8. The Hall–Kier alpha value is -8.46. The number of alkyl halides is 2. The van der Waals surface area contributed by atoms with E-state index in [0.29, 0.717) is 48.8 Å². The molecular formula is C72H87BrF2N9O14PS. The second-order valence-electron chi connectivity index (χ2n) is 26.6. The van der Waals surface area contributed by atoms with Crippen LogP contribution >= 0.6 is 34.9 Å². The number of nitrogens with zero attached hydrogens (tertiary/aromatic N) is 3. The number of benzene rings is 5. The van der Waals surface area contributed by atoms with Gasteiger partial charge in [0.25, 0.3) is 5.91 Å². The number of hydrogen-bond donors (Lipinski definition) is 10. The molecule has 1 aromatic heterocycles. The number of unbranched alkanes of at least 4 members (excludes halogenated alkanes) is 1. The van der Waals surface area contributed by atoms with Gasteiger partial charge in [-0.05, 0) is 121 Å². The van der Waals surface area contributed by atoms with Gasteiger partial charge in [0.2, 0.25) is 41.4 Å². The topological polar surface area (TPSA) is 335 Å². The van der Waals surface area contributed by atoms with Crippen LogP contribution < -0.4 is 36.6 Å². The van der Waals surface area contributed by atoms with Gasteiger partial charge >= 0.3 is 13.3 Å². The van der Waals surface area contributed by atoms with Gasteiger partial charge in [-0.2, -0.15) is 8.78 Å². The molecule has 6 atom stereocenters. The molecule has 536 valence electrons. The number of carbonyl (C=O) groups excluding carboxylic acids is 8. The molecule has 2 saturated heterocycles. The van der Waals surface area contributed by atoms with Crippen molar-refractivity contribution in [1.29, 1.82) is 0 Å². The number of aliphatic hydroxyl groups is 1. The molecule has 0 bridgehead atoms. The number of thiazole rings is 1. The number of hydrogen-bond acceptors (Lipinski definition) is 14. The van der Waals surface area contributed by atoms with Gasteiger partial charge in [-0.1, -0.05) is 128 Å². The Morgan fingerprint density at radius 2 is 1.38 bits per heavy atom. The fraction of sp³-hybridized carbons (Fsp3) is 0.431. The molecule has 23 nitrogen and oxygen atoms in total. The first-order valence-corrected chi connectivity index (χ1v) is 36.4. The Kier molecular flexibility index (Phi) is 26.9. The summed E-state index contributed by atoms with van der Waals surface area (Å²) in [4.78, 5) is 141. The average molecular weight is 1480 g/mol. The molecule has 2 fully saturated rings. The Morgan fingerprint density at radius 1 is 0.750 bits per heavy atom. The van der Waals surface area contributed by atoms with Gasteiger partial charge < -0.3 is 66.4 Å². The molecule has 8 amide bonds. The van der Waals surface area contributed by atoms with Gasteiger partial charge in [-0.15, -0.1) is 11.3 Å². The van der Waals surface area contributed by atoms with E-state index in [4.69, 9.17) is 4.74 Å². The summed E-state index contributed by atoms with van der Waals surface area (Å²) in [5.41, 5.74) is 0.700. The van der Waals surface area contributed by atoms with Crippen LogP contribution in [0.15, 0.2) is 125 Å². The molecule has 8 rings (SSSR count). The van der Waals surface area contributed by atoms with Gasteiger partial charge in [0.15, 0.2) is 11.5 Å². The number of aryl methyl sites for hydroxylation is 2. The summed E-state index contributed by atoms with van der Waals surface area (Å²) in [5.74, 6) is -4.64. The van der Waals surface area contributed by atoms with E-state index in [-0.39, 0.29) is 93.7 Å². The maximum Gasteiger partial charge on any atom is 0.399 e. The van der Waals surface area contributed by atoms with Crippen LogP contribution in [0.1, 0.15) is 122 Å². The Labute approximate surface area is 592 Å². The van der Waals surface area contributed by atoms with Gasteiger partial charge in [-0.25, -0.2) is 4.98 Å². The summed E-state index contributed by atoms with van der Waals surface area (Å²) >= 11 is 4.99. The van der Waals surface area contributed by atoms with Crippen LogP contribution in [0, 0.1) is 25.2 Å². The van der Waals surface area contributed by atoms with Crippen molar-refractivity contribution >= 4 is 82.1 Å². The molecule has 6 aromatic rings. The Morgan fingerprint density at radius 3 is 2.00 bits per heavy atom. The van der Waals surface area contributed by atoms with Crippen molar-refractivity contribution < 1.29 is 76.4 Å². The highest BCUT2D eigenvalue weighted by molar-refractivity contribution is 9.10. The van der Waals surface area contributed by atoms with Gasteiger partial charge in [-0.3, -0.25) is 42.9 Å². The van der Waals surface area contributed by atoms with Crippen LogP contribution in [0.5, 0.6) is 11.5 Å². The lowest BCUT2D eigenvalue weighted by Crippen LogP contribution is -2.58. The molecule has 10 N–H and O–H groups in total. The minimum atomic E-state index is -5.98. The van der Waals surface area contributed by atoms with E-state index in [2.05, 4.69) is 52.8 Å². The quantitative estimate of drug-likeness (QED) is 0.0151. The number of aromatic hydroxyl groups is 1. The molecule has 5 aromatic carbocycles. The molecular weight excluding hydrogens is 1400 g/mol. The smallest absolute Gasteiger partial charge is 0.399 e. The number of piperidine rings is 1. The average Bonchev–Trinajstić information content (AvgIpc) is 0.849. The van der Waals surface area contributed by atoms with Crippen LogP contribution in [0.3, 0.4) is 0 Å². The monoisotopic (exact) mass is 1480 g/mol. The molecule has 0 radical (unpaired) electrons. The number of aliphatic hydroxyl groups excluding tert-OH is 1. The molecule has 2 aliphatic heterocycles. The molecule has 0 aliphatic carbocycles. The second-order valence-corrected chi connectivity index (χ2v) is 29.9. The van der Waals surface area contributed by atoms with Crippen LogP contribution in [-0.2, 0) is 69.6 Å². The summed E-state index contributed by atoms with van der Waals surface area (Å²) in [6.07, 6.45) is 0.295. The van der Waals surface area contributed by atoms with E-state index in [0.717, 1.165) is 56.0 Å². The number of halogens is 3. The summed E-state index contributed by atoms with van der Waals surface area (Å²) in [7, 11) is -4.64. The number of methoxy groups -OCH3 is 1. The minimum Gasteiger partial charge on any atom is -0.504 e. The number of phenolic OH excluding ortho intramolecular Hbond substituents is 1. The van der Waals surface area contributed by atoms with Crippen molar-refractivity contribution in [3.63, 3.8) is 0 Å². The largest absolute Gasteiger partial charge is 0.504 e. The molecule has 3 heterocycles. The maximum atomic E-state index is 15.0. The first kappa shape index (κ1) is 77.3. The lowest BCUT2D eigenvalue weighted by atomic mass is 9.85. The van der Waals surface area contributed by atoms with Crippen molar-refractivity contribution in [3.05, 3.63) is 170 Å². The summed E-state index contributed by atoms with van der Waals surface area (Å²) in [5, 5.41) is 38.1. The number of ether oxygens (including phenoxy) is 1. The summed E-state index contributed by atoms with van der Waals surface area (Å²) in [6.45, 7) is 9.92. The number of phenols is 1. The Bertz CT molecular complexity index is 3930. The fourth-order valence-corrected chi connectivity index (χ4v) is 13.8. The lowest BCUT2D eigenvalue weighted by molar-refractivity contribution is -0.144. The molecule has 6 unspecified atom stereocenters. The van der Waals surface area contributed by atoms with Gasteiger partial charge in [0.05, 0.1) is 35.7 Å². The zero-order valence-electron chi connectivity index (χ0n) is 56.6. The standard InChI is InChI=1S/C72H87BrF2N9O14PS/c1-43-15-22-51(38-54(43)73)65(89)76-31-11-10-14-55(80-67(91)57(35-47-18-25-52(26-19-47)72(74,75)99(95,96)97)81-66(90)56(34-46-12-8-7-9-13-46)79-62(88)37-49-20-27-59(86)60(36-49)98-6)69(93)83-32-29-45(30-33-83)21-28-61(87)82-64(71(3,4)5)70(94)84-41-53(85)39-58(84)68(92)77-40-48-16-23-50(24-17-48)63-44(2)78-42-100-63/h7-9,12-13,15-20,22-27,36,38,42,45,53,55-58,64,85-86H,10-11,14,21,28-35,37,39-41H2,1-6H3,(H,76,89)(H,77,92)(H,79,88)(H,80,91)(H,81,90)(H,82,87)(H2,95,96,97). The lowest BCUT2D eigenvalue weighted by Gasteiger charge is -2.36. The van der Waals surface area contributed by atoms with Crippen LogP contribution in [0.2, 0.25) is 0 Å². The van der Waals surface area contributed by atoms with E-state index in [1.807, 2.05) is 38.1 Å². The van der Waals surface area contributed by atoms with E-state index >= 15 is 4.79 Å². The third kappa shape index (κ3) is 21.1. The van der Waals surface area contributed by atoms with Crippen molar-refractivity contribution in [2.45, 2.75) is 154 Å². The highest BCUT2D eigenvalue weighted by Gasteiger charge is 2.50. The van der Waals surface area contributed by atoms with E-state index in [1.165, 1.54) is 41.5 Å². The molecule has 2 aliphatic rings. The summed E-state index contributed by atoms with van der Waals surface area (Å²) in [6, 6.07) is 23.5. The van der Waals surface area contributed by atoms with Crippen molar-refractivity contribution in [1.82, 2.24) is 46.7 Å². The summed E-state index contributed by atoms with van der Waals surface area (Å²) < 4.78 is 47.6. The highest BCUT2D eigenvalue weighted by Crippen LogP contribution is 2.59. The van der Waals surface area contributed by atoms with Crippen LogP contribution in [0.25, 0.3) is 10.4 Å². The SMILES string of the molecule is COc1cc(CC(=O)NC(Cc2ccccc2)C(=O)NC(Cc2ccc(C(F)(F)P(=O)(O)O)cc2)C(=O)NC(CCCCNC(=O)c2ccc(C)c(Br)c2)C(=O)N2CCC(CCC(=O)NC(C(=O)N3CC(O)CC3C(=O)NCc3ccc(-c4scnc4C)cc3)C(C)(C)C)CC2)ccc1O. The zero-order valence-corrected chi connectivity index (χ0v) is 59.9. The fourth-order valence-electron chi connectivity index (χ4n) is 12.1. The molecule has 0 spiro atoms. The van der Waals surface area contributed by atoms with Crippen molar-refractivity contribution in [3.8, 4) is 21.9 Å². The predicted molar refractivity (Wildman–Crippen MR) is 376 cm³/mol. The molecule has 0 saturated carbocycles. The molecule has 100 heavy (non-hydrogen) atoms. The third-order valence-electron chi connectivity index (χ3n) is 18.0. The van der Waals surface area contributed by atoms with Crippen molar-refractivity contribution in [2.75, 3.05) is 33.3 Å². The number of aromatic nitrogens is 1. The molecule has 28 heteroatoms. The van der Waals surface area contributed by atoms with Gasteiger partial charge in [0.1, 0.15) is 30.2 Å². The van der Waals surface area contributed by atoms with Crippen LogP contribution in [0.4, 0.5) is 8.78 Å². The number of rotatable bonds is 30.